The minimum atomic E-state index is -0.388. The molecule has 0 amide bonds. The highest BCUT2D eigenvalue weighted by atomic mass is 35.5. The molecule has 1 aromatic rings. The van der Waals surface area contributed by atoms with Crippen molar-refractivity contribution in [3.05, 3.63) is 16.4 Å². The van der Waals surface area contributed by atoms with Gasteiger partial charge in [0, 0.05) is 7.05 Å². The predicted octanol–water partition coefficient (Wildman–Crippen LogP) is 2.27. The molecule has 1 atom stereocenters. The summed E-state index contributed by atoms with van der Waals surface area (Å²) >= 11 is 6.21. The van der Waals surface area contributed by atoms with Crippen LogP contribution in [0.4, 0.5) is 0 Å². The highest BCUT2D eigenvalue weighted by Crippen LogP contribution is 2.21. The van der Waals surface area contributed by atoms with Gasteiger partial charge in [-0.25, -0.2) is 0 Å². The van der Waals surface area contributed by atoms with Gasteiger partial charge in [0.15, 0.2) is 5.78 Å². The van der Waals surface area contributed by atoms with E-state index in [4.69, 9.17) is 17.3 Å². The molecular formula is C13H22ClN3O. The quantitative estimate of drug-likeness (QED) is 0.828. The Bertz CT molecular complexity index is 415. The number of aryl methyl sites for hydroxylation is 2. The lowest BCUT2D eigenvalue weighted by atomic mass is 10.0. The van der Waals surface area contributed by atoms with Crippen LogP contribution in [0.5, 0.6) is 0 Å². The molecule has 0 aliphatic carbocycles. The fourth-order valence-corrected chi connectivity index (χ4v) is 2.25. The number of Topliss-reactive ketones (excluding diaryl/α,β-unsaturated/α-hetero) is 1. The molecule has 2 N–H and O–H groups in total. The molecule has 1 unspecified atom stereocenters. The van der Waals surface area contributed by atoms with Crippen molar-refractivity contribution in [1.82, 2.24) is 9.78 Å². The Balaban J connectivity index is 2.72. The van der Waals surface area contributed by atoms with Gasteiger partial charge in [-0.3, -0.25) is 9.48 Å². The molecule has 1 rings (SSSR count). The number of nitrogens with zero attached hydrogens (tertiary/aromatic N) is 2. The van der Waals surface area contributed by atoms with Crippen molar-refractivity contribution in [1.29, 1.82) is 0 Å². The van der Waals surface area contributed by atoms with Gasteiger partial charge in [-0.15, -0.1) is 0 Å². The van der Waals surface area contributed by atoms with Crippen molar-refractivity contribution in [2.24, 2.45) is 12.8 Å². The number of aromatic nitrogens is 2. The third kappa shape index (κ3) is 3.56. The van der Waals surface area contributed by atoms with Gasteiger partial charge in [-0.1, -0.05) is 38.3 Å². The summed E-state index contributed by atoms with van der Waals surface area (Å²) in [6, 6.07) is -0.388. The first-order valence-electron chi connectivity index (χ1n) is 6.49. The van der Waals surface area contributed by atoms with E-state index in [1.165, 1.54) is 0 Å². The van der Waals surface area contributed by atoms with E-state index < -0.39 is 0 Å². The number of ketones is 1. The zero-order valence-corrected chi connectivity index (χ0v) is 12.1. The van der Waals surface area contributed by atoms with E-state index in [1.54, 1.807) is 4.68 Å². The third-order valence-electron chi connectivity index (χ3n) is 3.13. The Morgan fingerprint density at radius 2 is 2.17 bits per heavy atom. The van der Waals surface area contributed by atoms with Gasteiger partial charge >= 0.3 is 0 Å². The van der Waals surface area contributed by atoms with Gasteiger partial charge in [-0.2, -0.15) is 5.10 Å². The summed E-state index contributed by atoms with van der Waals surface area (Å²) in [4.78, 5) is 12.0. The SMILES string of the molecule is CCCCC(N)C(=O)Cc1c(Cl)c(CC)nn1C. The Hall–Kier alpha value is -0.870. The molecule has 102 valence electrons. The first-order valence-corrected chi connectivity index (χ1v) is 6.87. The molecule has 0 aromatic carbocycles. The number of hydrogen-bond donors (Lipinski definition) is 1. The highest BCUT2D eigenvalue weighted by molar-refractivity contribution is 6.32. The van der Waals surface area contributed by atoms with Crippen molar-refractivity contribution in [3.8, 4) is 0 Å². The zero-order chi connectivity index (χ0) is 13.7. The van der Waals surface area contributed by atoms with Crippen LogP contribution >= 0.6 is 11.6 Å². The Kier molecular flexibility index (Phi) is 5.82. The van der Waals surface area contributed by atoms with E-state index in [9.17, 15) is 4.79 Å². The van der Waals surface area contributed by atoms with Crippen LogP contribution in [0.15, 0.2) is 0 Å². The largest absolute Gasteiger partial charge is 0.321 e. The number of carbonyl (C=O) groups excluding carboxylic acids is 1. The maximum Gasteiger partial charge on any atom is 0.155 e. The smallest absolute Gasteiger partial charge is 0.155 e. The second-order valence-electron chi connectivity index (χ2n) is 4.58. The van der Waals surface area contributed by atoms with E-state index in [2.05, 4.69) is 12.0 Å². The van der Waals surface area contributed by atoms with E-state index >= 15 is 0 Å². The summed E-state index contributed by atoms with van der Waals surface area (Å²) in [5.74, 6) is 0.0380. The lowest BCUT2D eigenvalue weighted by Crippen LogP contribution is -2.32. The fraction of sp³-hybridized carbons (Fsp3) is 0.692. The molecule has 0 radical (unpaired) electrons. The minimum Gasteiger partial charge on any atom is -0.321 e. The molecular weight excluding hydrogens is 250 g/mol. The standard InChI is InChI=1S/C13H22ClN3O/c1-4-6-7-9(15)12(18)8-11-13(14)10(5-2)16-17(11)3/h9H,4-8,15H2,1-3H3. The zero-order valence-electron chi connectivity index (χ0n) is 11.4. The highest BCUT2D eigenvalue weighted by Gasteiger charge is 2.19. The number of carbonyl (C=O) groups is 1. The molecule has 1 heterocycles. The van der Waals surface area contributed by atoms with E-state index in [0.29, 0.717) is 5.02 Å². The number of nitrogens with two attached hydrogens (primary N) is 1. The van der Waals surface area contributed by atoms with Crippen molar-refractivity contribution >= 4 is 17.4 Å². The second kappa shape index (κ2) is 6.90. The van der Waals surface area contributed by atoms with Gasteiger partial charge in [0.2, 0.25) is 0 Å². The Morgan fingerprint density at radius 1 is 1.50 bits per heavy atom. The molecule has 0 fully saturated rings. The van der Waals surface area contributed by atoms with Crippen LogP contribution < -0.4 is 5.73 Å². The molecule has 1 aromatic heterocycles. The van der Waals surface area contributed by atoms with Crippen molar-refractivity contribution in [2.75, 3.05) is 0 Å². The normalized spacial score (nSPS) is 12.7. The summed E-state index contributed by atoms with van der Waals surface area (Å²) in [5, 5.41) is 4.90. The summed E-state index contributed by atoms with van der Waals surface area (Å²) < 4.78 is 1.69. The average Bonchev–Trinajstić information content (AvgIpc) is 2.63. The topological polar surface area (TPSA) is 60.9 Å². The second-order valence-corrected chi connectivity index (χ2v) is 4.95. The van der Waals surface area contributed by atoms with Crippen LogP contribution in [0.25, 0.3) is 0 Å². The molecule has 0 saturated heterocycles. The molecule has 0 bridgehead atoms. The van der Waals surface area contributed by atoms with Crippen LogP contribution in [0.2, 0.25) is 5.02 Å². The molecule has 0 spiro atoms. The van der Waals surface area contributed by atoms with Crippen molar-refractivity contribution in [3.63, 3.8) is 0 Å². The number of unbranched alkanes of at least 4 members (excludes halogenated alkanes) is 1. The minimum absolute atomic E-state index is 0.0380. The summed E-state index contributed by atoms with van der Waals surface area (Å²) in [6.07, 6.45) is 3.81. The van der Waals surface area contributed by atoms with Crippen molar-refractivity contribution < 1.29 is 4.79 Å². The molecule has 0 aliphatic rings. The first kappa shape index (κ1) is 15.2. The van der Waals surface area contributed by atoms with Crippen molar-refractivity contribution in [2.45, 2.75) is 52.0 Å². The average molecular weight is 272 g/mol. The molecule has 0 saturated carbocycles. The van der Waals surface area contributed by atoms with E-state index in [1.807, 2.05) is 14.0 Å². The van der Waals surface area contributed by atoms with Gasteiger partial charge in [0.1, 0.15) is 0 Å². The number of hydrogen-bond acceptors (Lipinski definition) is 3. The monoisotopic (exact) mass is 271 g/mol. The molecule has 4 nitrogen and oxygen atoms in total. The third-order valence-corrected chi connectivity index (χ3v) is 3.56. The van der Waals surface area contributed by atoms with Gasteiger partial charge in [0.25, 0.3) is 0 Å². The maximum absolute atomic E-state index is 12.0. The van der Waals surface area contributed by atoms with E-state index in [-0.39, 0.29) is 18.2 Å². The summed E-state index contributed by atoms with van der Waals surface area (Å²) in [6.45, 7) is 4.08. The molecule has 18 heavy (non-hydrogen) atoms. The van der Waals surface area contributed by atoms with Gasteiger partial charge in [-0.05, 0) is 12.8 Å². The number of halogens is 1. The fourth-order valence-electron chi connectivity index (χ4n) is 1.89. The van der Waals surface area contributed by atoms with Crippen LogP contribution in [0, 0.1) is 0 Å². The molecule has 0 aliphatic heterocycles. The summed E-state index contributed by atoms with van der Waals surface area (Å²) in [5.41, 5.74) is 7.47. The lowest BCUT2D eigenvalue weighted by molar-refractivity contribution is -0.119. The van der Waals surface area contributed by atoms with Crippen LogP contribution in [-0.4, -0.2) is 21.6 Å². The Morgan fingerprint density at radius 3 is 2.67 bits per heavy atom. The Labute approximate surface area is 113 Å². The predicted molar refractivity (Wildman–Crippen MR) is 73.8 cm³/mol. The summed E-state index contributed by atoms with van der Waals surface area (Å²) in [7, 11) is 1.81. The van der Waals surface area contributed by atoms with Crippen LogP contribution in [-0.2, 0) is 24.7 Å². The number of rotatable bonds is 7. The molecule has 5 heteroatoms. The van der Waals surface area contributed by atoms with Crippen LogP contribution in [0.3, 0.4) is 0 Å². The van der Waals surface area contributed by atoms with E-state index in [0.717, 1.165) is 37.1 Å². The maximum atomic E-state index is 12.0. The van der Waals surface area contributed by atoms with Gasteiger partial charge < -0.3 is 5.73 Å². The lowest BCUT2D eigenvalue weighted by Gasteiger charge is -2.10. The van der Waals surface area contributed by atoms with Gasteiger partial charge in [0.05, 0.1) is 28.9 Å². The first-order chi connectivity index (χ1) is 8.51. The van der Waals surface area contributed by atoms with Crippen LogP contribution in [0.1, 0.15) is 44.5 Å².